The fraction of sp³-hybridized carbons (Fsp3) is 0.0169. The van der Waals surface area contributed by atoms with Gasteiger partial charge in [0.05, 0.1) is 21.5 Å². The van der Waals surface area contributed by atoms with E-state index in [9.17, 15) is 0 Å². The largest absolute Gasteiger partial charge is 0.310 e. The Bertz CT molecular complexity index is 3500. The Morgan fingerprint density at radius 1 is 0.306 bits per heavy atom. The first-order valence-corrected chi connectivity index (χ1v) is 22.2. The maximum absolute atomic E-state index is 2.53. The molecule has 0 radical (unpaired) electrons. The van der Waals surface area contributed by atoms with Crippen molar-refractivity contribution in [1.82, 2.24) is 0 Å². The second kappa shape index (κ2) is 13.7. The summed E-state index contributed by atoms with van der Waals surface area (Å²) < 4.78 is 2.58. The zero-order valence-electron chi connectivity index (χ0n) is 33.7. The number of hydrogen-bond donors (Lipinski definition) is 0. The van der Waals surface area contributed by atoms with Gasteiger partial charge in [-0.15, -0.1) is 11.3 Å². The molecule has 1 heterocycles. The van der Waals surface area contributed by atoms with Crippen LogP contribution in [0.1, 0.15) is 22.3 Å². The Morgan fingerprint density at radius 3 is 1.52 bits per heavy atom. The van der Waals surface area contributed by atoms with E-state index in [4.69, 9.17) is 0 Å². The van der Waals surface area contributed by atoms with Crippen LogP contribution in [0.3, 0.4) is 0 Å². The Balaban J connectivity index is 1.13. The first kappa shape index (κ1) is 35.1. The van der Waals surface area contributed by atoms with E-state index < -0.39 is 5.41 Å². The fourth-order valence-corrected chi connectivity index (χ4v) is 12.0. The molecule has 13 rings (SSSR count). The van der Waals surface area contributed by atoms with Crippen LogP contribution in [0.15, 0.2) is 231 Å². The standard InChI is InChI=1S/C59H38N2S/c1-4-19-39(20-5-1)60(40-21-6-2-7-22-40)55-38-53-57(47-28-11-10-26-45(47)55)49-29-13-16-32-51(49)59(53)50-31-15-12-25-43(50)44-36-35-42(37-52(44)59)61(41-23-8-3-9-24-41)54-33-18-30-48-46-27-14-17-34-56(46)62-58(48)54/h1-38H. The smallest absolute Gasteiger partial charge is 0.0727 e. The van der Waals surface area contributed by atoms with Gasteiger partial charge in [-0.1, -0.05) is 164 Å². The van der Waals surface area contributed by atoms with Crippen LogP contribution in [0.25, 0.3) is 53.2 Å². The van der Waals surface area contributed by atoms with Crippen molar-refractivity contribution in [2.24, 2.45) is 0 Å². The van der Waals surface area contributed by atoms with E-state index in [0.717, 1.165) is 28.4 Å². The third kappa shape index (κ3) is 4.91. The lowest BCUT2D eigenvalue weighted by Gasteiger charge is -2.34. The molecule has 0 saturated carbocycles. The maximum Gasteiger partial charge on any atom is 0.0727 e. The lowest BCUT2D eigenvalue weighted by Crippen LogP contribution is -2.26. The Morgan fingerprint density at radius 2 is 0.823 bits per heavy atom. The van der Waals surface area contributed by atoms with Crippen LogP contribution in [-0.2, 0) is 5.41 Å². The van der Waals surface area contributed by atoms with Crippen molar-refractivity contribution < 1.29 is 0 Å². The van der Waals surface area contributed by atoms with Gasteiger partial charge in [0.25, 0.3) is 0 Å². The monoisotopic (exact) mass is 806 g/mol. The molecular formula is C59H38N2S. The van der Waals surface area contributed by atoms with Crippen molar-refractivity contribution in [2.75, 3.05) is 9.80 Å². The van der Waals surface area contributed by atoms with Gasteiger partial charge in [-0.3, -0.25) is 0 Å². The normalized spacial score (nSPS) is 14.5. The summed E-state index contributed by atoms with van der Waals surface area (Å²) in [6.07, 6.45) is 0. The molecule has 2 nitrogen and oxygen atoms in total. The second-order valence-electron chi connectivity index (χ2n) is 16.4. The molecule has 0 N–H and O–H groups in total. The van der Waals surface area contributed by atoms with Crippen LogP contribution < -0.4 is 9.80 Å². The number of hydrogen-bond acceptors (Lipinski definition) is 3. The molecule has 0 aliphatic heterocycles. The van der Waals surface area contributed by atoms with Crippen LogP contribution in [-0.4, -0.2) is 0 Å². The molecule has 3 heteroatoms. The molecule has 1 unspecified atom stereocenters. The van der Waals surface area contributed by atoms with Crippen LogP contribution in [0.4, 0.5) is 34.1 Å². The molecule has 1 aromatic heterocycles. The summed E-state index contributed by atoms with van der Waals surface area (Å²) >= 11 is 1.88. The highest BCUT2D eigenvalue weighted by Crippen LogP contribution is 2.65. The van der Waals surface area contributed by atoms with E-state index in [2.05, 4.69) is 240 Å². The predicted octanol–water partition coefficient (Wildman–Crippen LogP) is 16.5. The van der Waals surface area contributed by atoms with Crippen LogP contribution >= 0.6 is 11.3 Å². The van der Waals surface area contributed by atoms with Crippen molar-refractivity contribution in [3.05, 3.63) is 253 Å². The maximum atomic E-state index is 2.53. The number of benzene rings is 10. The molecule has 290 valence electrons. The van der Waals surface area contributed by atoms with E-state index in [1.165, 1.54) is 81.1 Å². The lowest BCUT2D eigenvalue weighted by molar-refractivity contribution is 0.794. The predicted molar refractivity (Wildman–Crippen MR) is 263 cm³/mol. The zero-order chi connectivity index (χ0) is 40.8. The first-order chi connectivity index (χ1) is 30.8. The number of nitrogens with zero attached hydrogens (tertiary/aromatic N) is 2. The molecule has 10 aromatic carbocycles. The summed E-state index contributed by atoms with van der Waals surface area (Å²) in [5.74, 6) is 0. The van der Waals surface area contributed by atoms with Gasteiger partial charge in [-0.2, -0.15) is 0 Å². The van der Waals surface area contributed by atoms with E-state index in [-0.39, 0.29) is 0 Å². The second-order valence-corrected chi connectivity index (χ2v) is 17.4. The van der Waals surface area contributed by atoms with E-state index >= 15 is 0 Å². The SMILES string of the molecule is c1ccc(N(c2ccccc2)c2cc3c(c4ccccc24)-c2ccccc2C32c3ccccc3-c3ccc(N(c4ccccc4)c4cccc5c4sc4ccccc45)cc32)cc1. The molecule has 0 saturated heterocycles. The summed E-state index contributed by atoms with van der Waals surface area (Å²) in [6, 6.07) is 85.3. The van der Waals surface area contributed by atoms with Gasteiger partial charge in [0.15, 0.2) is 0 Å². The van der Waals surface area contributed by atoms with Gasteiger partial charge in [-0.25, -0.2) is 0 Å². The Labute approximate surface area is 364 Å². The van der Waals surface area contributed by atoms with Crippen molar-refractivity contribution in [3.63, 3.8) is 0 Å². The van der Waals surface area contributed by atoms with Gasteiger partial charge in [0.2, 0.25) is 0 Å². The number of para-hydroxylation sites is 3. The van der Waals surface area contributed by atoms with Gasteiger partial charge >= 0.3 is 0 Å². The van der Waals surface area contributed by atoms with Crippen LogP contribution in [0.2, 0.25) is 0 Å². The van der Waals surface area contributed by atoms with Crippen molar-refractivity contribution in [1.29, 1.82) is 0 Å². The van der Waals surface area contributed by atoms with Crippen molar-refractivity contribution >= 4 is 76.4 Å². The van der Waals surface area contributed by atoms with Crippen LogP contribution in [0, 0.1) is 0 Å². The molecule has 1 spiro atoms. The molecule has 11 aromatic rings. The fourth-order valence-electron chi connectivity index (χ4n) is 10.8. The van der Waals surface area contributed by atoms with Gasteiger partial charge < -0.3 is 9.80 Å². The number of fused-ring (bicyclic) bond motifs is 15. The summed E-state index contributed by atoms with van der Waals surface area (Å²) in [5.41, 5.74) is 16.7. The summed E-state index contributed by atoms with van der Waals surface area (Å²) in [7, 11) is 0. The highest BCUT2D eigenvalue weighted by Gasteiger charge is 2.52. The molecule has 1 atom stereocenters. The van der Waals surface area contributed by atoms with Gasteiger partial charge in [0, 0.05) is 43.6 Å². The molecule has 0 bridgehead atoms. The van der Waals surface area contributed by atoms with E-state index in [1.54, 1.807) is 0 Å². The van der Waals surface area contributed by atoms with Gasteiger partial charge in [0.1, 0.15) is 0 Å². The lowest BCUT2D eigenvalue weighted by atomic mass is 9.70. The summed E-state index contributed by atoms with van der Waals surface area (Å²) in [5, 5.41) is 5.06. The molecule has 2 aliphatic rings. The minimum atomic E-state index is -0.586. The third-order valence-corrected chi connectivity index (χ3v) is 14.4. The molecule has 62 heavy (non-hydrogen) atoms. The van der Waals surface area contributed by atoms with Crippen molar-refractivity contribution in [2.45, 2.75) is 5.41 Å². The number of rotatable bonds is 6. The number of thiophene rings is 1. The molecule has 2 aliphatic carbocycles. The van der Waals surface area contributed by atoms with E-state index in [1.807, 2.05) is 11.3 Å². The van der Waals surface area contributed by atoms with Crippen LogP contribution in [0.5, 0.6) is 0 Å². The average molecular weight is 807 g/mol. The topological polar surface area (TPSA) is 6.48 Å². The quantitative estimate of drug-likeness (QED) is 0.165. The Hall–Kier alpha value is -7.72. The summed E-state index contributed by atoms with van der Waals surface area (Å²) in [4.78, 5) is 4.93. The van der Waals surface area contributed by atoms with E-state index in [0.29, 0.717) is 0 Å². The molecule has 0 fully saturated rings. The molecule has 0 amide bonds. The average Bonchev–Trinajstić information content (AvgIpc) is 3.97. The summed E-state index contributed by atoms with van der Waals surface area (Å²) in [6.45, 7) is 0. The zero-order valence-corrected chi connectivity index (χ0v) is 34.6. The third-order valence-electron chi connectivity index (χ3n) is 13.2. The molecular weight excluding hydrogens is 769 g/mol. The highest BCUT2D eigenvalue weighted by molar-refractivity contribution is 7.26. The minimum absolute atomic E-state index is 0.586. The van der Waals surface area contributed by atoms with Crippen molar-refractivity contribution in [3.8, 4) is 22.3 Å². The first-order valence-electron chi connectivity index (χ1n) is 21.4. The minimum Gasteiger partial charge on any atom is -0.310 e. The Kier molecular flexibility index (Phi) is 7.72. The van der Waals surface area contributed by atoms with Gasteiger partial charge in [-0.05, 0) is 117 Å². The highest BCUT2D eigenvalue weighted by atomic mass is 32.1. The number of anilines is 6.